The van der Waals surface area contributed by atoms with Gasteiger partial charge in [-0.05, 0) is 17.5 Å². The van der Waals surface area contributed by atoms with Gasteiger partial charge in [-0.25, -0.2) is 0 Å². The molecule has 1 rings (SSSR count). The molecule has 0 aliphatic carbocycles. The highest BCUT2D eigenvalue weighted by Crippen LogP contribution is 2.31. The van der Waals surface area contributed by atoms with Crippen LogP contribution in [0.3, 0.4) is 0 Å². The molecule has 0 spiro atoms. The van der Waals surface area contributed by atoms with Crippen LogP contribution >= 0.6 is 11.3 Å². The zero-order valence-electron chi connectivity index (χ0n) is 5.18. The number of hydrogen-bond donors (Lipinski definition) is 0. The average Bonchev–Trinajstić information content (AvgIpc) is 2.38. The lowest BCUT2D eigenvalue weighted by atomic mass is 10.3. The molecule has 1 aromatic heterocycles. The first-order chi connectivity index (χ1) is 4.67. The number of allylic oxidation sites excluding steroid dienone is 1. The molecule has 0 nitrogen and oxygen atoms in total. The van der Waals surface area contributed by atoms with E-state index < -0.39 is 5.92 Å². The van der Waals surface area contributed by atoms with Gasteiger partial charge in [0, 0.05) is 0 Å². The smallest absolute Gasteiger partial charge is 0.196 e. The molecule has 0 saturated heterocycles. The summed E-state index contributed by atoms with van der Waals surface area (Å²) in [6.45, 7) is 3.04. The molecule has 0 amide bonds. The van der Waals surface area contributed by atoms with E-state index in [1.54, 1.807) is 11.4 Å². The van der Waals surface area contributed by atoms with Crippen molar-refractivity contribution in [3.8, 4) is 0 Å². The molecule has 1 aromatic rings. The molecule has 10 heavy (non-hydrogen) atoms. The van der Waals surface area contributed by atoms with Crippen LogP contribution in [0.25, 0.3) is 0 Å². The summed E-state index contributed by atoms with van der Waals surface area (Å²) >= 11 is 1.03. The molecule has 1 heterocycles. The highest BCUT2D eigenvalue weighted by atomic mass is 32.1. The van der Waals surface area contributed by atoms with Gasteiger partial charge in [0.25, 0.3) is 5.92 Å². The second-order valence-electron chi connectivity index (χ2n) is 1.80. The average molecular weight is 160 g/mol. The third-order valence-electron chi connectivity index (χ3n) is 1.11. The van der Waals surface area contributed by atoms with Crippen LogP contribution in [-0.2, 0) is 5.92 Å². The van der Waals surface area contributed by atoms with Crippen molar-refractivity contribution in [1.82, 2.24) is 0 Å². The molecule has 0 unspecified atom stereocenters. The molecule has 0 N–H and O–H groups in total. The van der Waals surface area contributed by atoms with Crippen LogP contribution < -0.4 is 0 Å². The first kappa shape index (κ1) is 7.41. The Labute approximate surface area is 61.8 Å². The van der Waals surface area contributed by atoms with Gasteiger partial charge >= 0.3 is 0 Å². The topological polar surface area (TPSA) is 0 Å². The highest BCUT2D eigenvalue weighted by molar-refractivity contribution is 7.10. The number of hydrogen-bond acceptors (Lipinski definition) is 1. The summed E-state index contributed by atoms with van der Waals surface area (Å²) in [5.41, 5.74) is 0. The molecule has 0 aromatic carbocycles. The summed E-state index contributed by atoms with van der Waals surface area (Å²) < 4.78 is 25.2. The molecular formula is C7H6F2S. The standard InChI is InChI=1S/C7H6F2S/c1-2-7(8,9)6-4-3-5-10-6/h2-5H,1H2. The van der Waals surface area contributed by atoms with E-state index in [-0.39, 0.29) is 4.88 Å². The van der Waals surface area contributed by atoms with E-state index in [4.69, 9.17) is 0 Å². The predicted molar refractivity (Wildman–Crippen MR) is 38.4 cm³/mol. The Hall–Kier alpha value is -0.700. The van der Waals surface area contributed by atoms with Crippen molar-refractivity contribution in [1.29, 1.82) is 0 Å². The maximum Gasteiger partial charge on any atom is 0.300 e. The van der Waals surface area contributed by atoms with E-state index in [1.165, 1.54) is 6.07 Å². The Balaban J connectivity index is 2.95. The normalized spacial score (nSPS) is 11.4. The van der Waals surface area contributed by atoms with E-state index >= 15 is 0 Å². The van der Waals surface area contributed by atoms with Crippen molar-refractivity contribution in [2.45, 2.75) is 5.92 Å². The van der Waals surface area contributed by atoms with Crippen LogP contribution in [0.2, 0.25) is 0 Å². The summed E-state index contributed by atoms with van der Waals surface area (Å²) in [6, 6.07) is 2.99. The molecule has 0 bridgehead atoms. The predicted octanol–water partition coefficient (Wildman–Crippen LogP) is 3.03. The Morgan fingerprint density at radius 3 is 2.70 bits per heavy atom. The van der Waals surface area contributed by atoms with Gasteiger partial charge in [-0.3, -0.25) is 0 Å². The van der Waals surface area contributed by atoms with Crippen LogP contribution in [-0.4, -0.2) is 0 Å². The molecule has 54 valence electrons. The molecule has 0 aliphatic heterocycles. The van der Waals surface area contributed by atoms with Crippen LogP contribution in [0.5, 0.6) is 0 Å². The SMILES string of the molecule is C=CC(F)(F)c1cccs1. The van der Waals surface area contributed by atoms with Crippen molar-refractivity contribution in [3.63, 3.8) is 0 Å². The molecule has 0 saturated carbocycles. The fourth-order valence-corrected chi connectivity index (χ4v) is 1.27. The number of halogens is 2. The van der Waals surface area contributed by atoms with Gasteiger partial charge < -0.3 is 0 Å². The fraction of sp³-hybridized carbons (Fsp3) is 0.143. The molecule has 0 fully saturated rings. The Bertz CT molecular complexity index is 214. The Morgan fingerprint density at radius 1 is 1.60 bits per heavy atom. The lowest BCUT2D eigenvalue weighted by molar-refractivity contribution is 0.0567. The van der Waals surface area contributed by atoms with Gasteiger partial charge in [-0.1, -0.05) is 12.6 Å². The van der Waals surface area contributed by atoms with Crippen molar-refractivity contribution in [2.24, 2.45) is 0 Å². The van der Waals surface area contributed by atoms with Gasteiger partial charge in [0.2, 0.25) is 0 Å². The summed E-state index contributed by atoms with van der Waals surface area (Å²) in [4.78, 5) is 0.0440. The summed E-state index contributed by atoms with van der Waals surface area (Å²) in [6.07, 6.45) is 0.652. The monoisotopic (exact) mass is 160 g/mol. The number of thiophene rings is 1. The molecular weight excluding hydrogens is 154 g/mol. The van der Waals surface area contributed by atoms with E-state index in [2.05, 4.69) is 6.58 Å². The minimum atomic E-state index is -2.85. The second kappa shape index (κ2) is 2.50. The van der Waals surface area contributed by atoms with Crippen molar-refractivity contribution >= 4 is 11.3 Å². The van der Waals surface area contributed by atoms with E-state index in [0.29, 0.717) is 6.08 Å². The quantitative estimate of drug-likeness (QED) is 0.583. The number of rotatable bonds is 2. The van der Waals surface area contributed by atoms with Crippen LogP contribution in [0, 0.1) is 0 Å². The molecule has 3 heteroatoms. The zero-order valence-corrected chi connectivity index (χ0v) is 6.00. The Kier molecular flexibility index (Phi) is 1.85. The first-order valence-electron chi connectivity index (χ1n) is 2.72. The van der Waals surface area contributed by atoms with E-state index in [9.17, 15) is 8.78 Å². The zero-order chi connectivity index (χ0) is 7.61. The third kappa shape index (κ3) is 1.24. The highest BCUT2D eigenvalue weighted by Gasteiger charge is 2.27. The van der Waals surface area contributed by atoms with Crippen LogP contribution in [0.4, 0.5) is 8.78 Å². The second-order valence-corrected chi connectivity index (χ2v) is 2.75. The largest absolute Gasteiger partial charge is 0.300 e. The van der Waals surface area contributed by atoms with E-state index in [0.717, 1.165) is 11.3 Å². The van der Waals surface area contributed by atoms with Gasteiger partial charge in [0.05, 0.1) is 4.88 Å². The minimum absolute atomic E-state index is 0.0440. The summed E-state index contributed by atoms with van der Waals surface area (Å²) in [7, 11) is 0. The van der Waals surface area contributed by atoms with Crippen LogP contribution in [0.15, 0.2) is 30.2 Å². The van der Waals surface area contributed by atoms with Gasteiger partial charge in [0.15, 0.2) is 0 Å². The van der Waals surface area contributed by atoms with Gasteiger partial charge in [0.1, 0.15) is 0 Å². The first-order valence-corrected chi connectivity index (χ1v) is 3.60. The third-order valence-corrected chi connectivity index (χ3v) is 2.06. The van der Waals surface area contributed by atoms with Crippen LogP contribution in [0.1, 0.15) is 4.88 Å². The maximum atomic E-state index is 12.6. The van der Waals surface area contributed by atoms with Gasteiger partial charge in [-0.15, -0.1) is 11.3 Å². The lowest BCUT2D eigenvalue weighted by Gasteiger charge is -2.06. The number of alkyl halides is 2. The van der Waals surface area contributed by atoms with Crippen molar-refractivity contribution < 1.29 is 8.78 Å². The molecule has 0 radical (unpaired) electrons. The summed E-state index contributed by atoms with van der Waals surface area (Å²) in [5, 5.41) is 1.62. The van der Waals surface area contributed by atoms with E-state index in [1.807, 2.05) is 0 Å². The molecule has 0 aliphatic rings. The van der Waals surface area contributed by atoms with Crippen molar-refractivity contribution in [3.05, 3.63) is 35.0 Å². The lowest BCUT2D eigenvalue weighted by Crippen LogP contribution is -2.05. The summed E-state index contributed by atoms with van der Waals surface area (Å²) in [5.74, 6) is -2.85. The minimum Gasteiger partial charge on any atom is -0.196 e. The fourth-order valence-electron chi connectivity index (χ4n) is 0.569. The van der Waals surface area contributed by atoms with Gasteiger partial charge in [-0.2, -0.15) is 8.78 Å². The molecule has 0 atom stereocenters. The Morgan fingerprint density at radius 2 is 2.30 bits per heavy atom. The maximum absolute atomic E-state index is 12.6. The van der Waals surface area contributed by atoms with Crippen molar-refractivity contribution in [2.75, 3.05) is 0 Å².